The van der Waals surface area contributed by atoms with Gasteiger partial charge in [-0.25, -0.2) is 0 Å². The minimum atomic E-state index is -0.789. The summed E-state index contributed by atoms with van der Waals surface area (Å²) >= 11 is 0. The van der Waals surface area contributed by atoms with Crippen LogP contribution in [0.15, 0.2) is 48.6 Å². The van der Waals surface area contributed by atoms with Crippen LogP contribution in [0.2, 0.25) is 0 Å². The van der Waals surface area contributed by atoms with Crippen LogP contribution in [0.1, 0.15) is 252 Å². The molecule has 0 aliphatic rings. The highest BCUT2D eigenvalue weighted by Gasteiger charge is 2.24. The van der Waals surface area contributed by atoms with E-state index < -0.39 is 18.2 Å². The van der Waals surface area contributed by atoms with Crippen molar-refractivity contribution in [1.29, 1.82) is 0 Å². The summed E-state index contributed by atoms with van der Waals surface area (Å²) in [6.45, 7) is 6.42. The number of nitrogens with one attached hydrogen (secondary N) is 1. The zero-order valence-electron chi connectivity index (χ0n) is 39.1. The molecule has 0 spiro atoms. The normalized spacial score (nSPS) is 13.6. The maximum atomic E-state index is 13.1. The molecule has 0 saturated heterocycles. The van der Waals surface area contributed by atoms with E-state index in [9.17, 15) is 19.8 Å². The van der Waals surface area contributed by atoms with E-state index in [1.54, 1.807) is 0 Å². The van der Waals surface area contributed by atoms with Gasteiger partial charge in [-0.05, 0) is 51.4 Å². The first kappa shape index (κ1) is 56.8. The number of unbranched alkanes of at least 4 members (excludes halogenated alkanes) is 28. The molecule has 0 aliphatic heterocycles. The van der Waals surface area contributed by atoms with E-state index in [1.807, 2.05) is 0 Å². The molecular weight excluding hydrogens is 731 g/mol. The Bertz CT molecular complexity index is 1020. The fourth-order valence-corrected chi connectivity index (χ4v) is 7.62. The van der Waals surface area contributed by atoms with Crippen molar-refractivity contribution in [3.05, 3.63) is 48.6 Å². The number of amides is 1. The summed E-state index contributed by atoms with van der Waals surface area (Å²) in [6.07, 6.45) is 56.0. The first-order chi connectivity index (χ1) is 29.0. The molecule has 3 unspecified atom stereocenters. The molecule has 3 N–H and O–H groups in total. The predicted octanol–water partition coefficient (Wildman–Crippen LogP) is 15.1. The molecule has 3 atom stereocenters. The van der Waals surface area contributed by atoms with E-state index in [1.165, 1.54) is 122 Å². The molecule has 1 amide bonds. The van der Waals surface area contributed by atoms with Crippen molar-refractivity contribution < 1.29 is 24.5 Å². The van der Waals surface area contributed by atoms with Crippen LogP contribution in [0.4, 0.5) is 0 Å². The Morgan fingerprint density at radius 1 is 0.492 bits per heavy atom. The van der Waals surface area contributed by atoms with Crippen molar-refractivity contribution >= 4 is 11.9 Å². The van der Waals surface area contributed by atoms with Gasteiger partial charge in [0.15, 0.2) is 0 Å². The molecule has 344 valence electrons. The average molecular weight is 828 g/mol. The Labute approximate surface area is 366 Å². The topological polar surface area (TPSA) is 95.9 Å². The average Bonchev–Trinajstić information content (AvgIpc) is 3.23. The second-order valence-electron chi connectivity index (χ2n) is 17.3. The standard InChI is InChI=1S/C53H97NO5/c1-4-7-10-13-16-19-21-23-25-26-27-28-30-32-34-37-40-43-46-53(58)59-49(44-41-38-35-18-15-12-9-6-3)47-52(57)54-50(48-55)51(56)45-42-39-36-33-31-29-24-22-20-17-14-11-8-5-2/h16,19,21,23,25-28,49-51,55-56H,4-15,17-18,20,22,24,29-48H2,1-3H3,(H,54,57)/b19-16+,23-21+,26-25+,28-27+. The van der Waals surface area contributed by atoms with Crippen LogP contribution >= 0.6 is 0 Å². The molecule has 0 bridgehead atoms. The van der Waals surface area contributed by atoms with Crippen LogP contribution in [0.3, 0.4) is 0 Å². The molecule has 59 heavy (non-hydrogen) atoms. The van der Waals surface area contributed by atoms with Crippen molar-refractivity contribution in [2.24, 2.45) is 0 Å². The summed E-state index contributed by atoms with van der Waals surface area (Å²) in [7, 11) is 0. The Morgan fingerprint density at radius 3 is 1.34 bits per heavy atom. The van der Waals surface area contributed by atoms with Gasteiger partial charge in [0, 0.05) is 6.42 Å². The lowest BCUT2D eigenvalue weighted by Gasteiger charge is -2.24. The zero-order chi connectivity index (χ0) is 43.1. The third kappa shape index (κ3) is 42.3. The summed E-state index contributed by atoms with van der Waals surface area (Å²) < 4.78 is 5.90. The highest BCUT2D eigenvalue weighted by atomic mass is 16.5. The van der Waals surface area contributed by atoms with Crippen LogP contribution in [0.5, 0.6) is 0 Å². The van der Waals surface area contributed by atoms with Gasteiger partial charge in [0.05, 0.1) is 25.2 Å². The third-order valence-corrected chi connectivity index (χ3v) is 11.5. The molecule has 0 fully saturated rings. The Morgan fingerprint density at radius 2 is 0.864 bits per heavy atom. The van der Waals surface area contributed by atoms with E-state index in [4.69, 9.17) is 4.74 Å². The number of ether oxygens (including phenoxy) is 1. The van der Waals surface area contributed by atoms with Gasteiger partial charge in [-0.2, -0.15) is 0 Å². The smallest absolute Gasteiger partial charge is 0.306 e. The van der Waals surface area contributed by atoms with Gasteiger partial charge in [-0.3, -0.25) is 9.59 Å². The maximum absolute atomic E-state index is 13.1. The Balaban J connectivity index is 4.46. The first-order valence-electron chi connectivity index (χ1n) is 25.4. The second kappa shape index (κ2) is 46.9. The van der Waals surface area contributed by atoms with Gasteiger partial charge in [-0.1, -0.05) is 236 Å². The van der Waals surface area contributed by atoms with E-state index >= 15 is 0 Å². The first-order valence-corrected chi connectivity index (χ1v) is 25.4. The minimum absolute atomic E-state index is 0.0689. The Kier molecular flexibility index (Phi) is 45.1. The monoisotopic (exact) mass is 828 g/mol. The Hall–Kier alpha value is -2.18. The molecule has 6 heteroatoms. The minimum Gasteiger partial charge on any atom is -0.462 e. The molecular formula is C53H97NO5. The number of carbonyl (C=O) groups excluding carboxylic acids is 2. The predicted molar refractivity (Wildman–Crippen MR) is 255 cm³/mol. The van der Waals surface area contributed by atoms with Crippen molar-refractivity contribution in [3.63, 3.8) is 0 Å². The number of carbonyl (C=O) groups is 2. The second-order valence-corrected chi connectivity index (χ2v) is 17.3. The van der Waals surface area contributed by atoms with Crippen LogP contribution in [0.25, 0.3) is 0 Å². The van der Waals surface area contributed by atoms with Crippen LogP contribution in [-0.2, 0) is 14.3 Å². The molecule has 6 nitrogen and oxygen atoms in total. The molecule has 0 saturated carbocycles. The fraction of sp³-hybridized carbons (Fsp3) is 0.811. The highest BCUT2D eigenvalue weighted by molar-refractivity contribution is 5.77. The SMILES string of the molecule is CCCCC/C=C/C=C/C=C/C=C/CCCCCCCC(=O)OC(CCCCCCCCCC)CC(=O)NC(CO)C(O)CCCCCCCCCCCCCCCC. The molecule has 0 radical (unpaired) electrons. The van der Waals surface area contributed by atoms with Gasteiger partial charge >= 0.3 is 5.97 Å². The maximum Gasteiger partial charge on any atom is 0.306 e. The van der Waals surface area contributed by atoms with Crippen LogP contribution in [-0.4, -0.2) is 46.9 Å². The number of aliphatic hydroxyl groups is 2. The number of aliphatic hydroxyl groups excluding tert-OH is 2. The lowest BCUT2D eigenvalue weighted by molar-refractivity contribution is -0.151. The lowest BCUT2D eigenvalue weighted by atomic mass is 10.0. The largest absolute Gasteiger partial charge is 0.462 e. The molecule has 0 aliphatic carbocycles. The number of rotatable bonds is 45. The lowest BCUT2D eigenvalue weighted by Crippen LogP contribution is -2.46. The number of allylic oxidation sites excluding steroid dienone is 8. The van der Waals surface area contributed by atoms with Gasteiger partial charge in [-0.15, -0.1) is 0 Å². The van der Waals surface area contributed by atoms with Crippen molar-refractivity contribution in [2.45, 2.75) is 270 Å². The summed E-state index contributed by atoms with van der Waals surface area (Å²) in [4.78, 5) is 26.0. The quantitative estimate of drug-likeness (QED) is 0.0323. The number of hydrogen-bond donors (Lipinski definition) is 3. The van der Waals surface area contributed by atoms with Crippen LogP contribution < -0.4 is 5.32 Å². The van der Waals surface area contributed by atoms with E-state index in [0.29, 0.717) is 19.3 Å². The van der Waals surface area contributed by atoms with Crippen molar-refractivity contribution in [2.75, 3.05) is 6.61 Å². The summed E-state index contributed by atoms with van der Waals surface area (Å²) in [6, 6.07) is -0.703. The number of hydrogen-bond acceptors (Lipinski definition) is 5. The number of esters is 1. The third-order valence-electron chi connectivity index (χ3n) is 11.5. The molecule has 0 rings (SSSR count). The van der Waals surface area contributed by atoms with Gasteiger partial charge < -0.3 is 20.3 Å². The van der Waals surface area contributed by atoms with Gasteiger partial charge in [0.1, 0.15) is 6.10 Å². The molecule has 0 aromatic heterocycles. The molecule has 0 aromatic rings. The van der Waals surface area contributed by atoms with Crippen molar-refractivity contribution in [3.8, 4) is 0 Å². The molecule has 0 heterocycles. The summed E-state index contributed by atoms with van der Waals surface area (Å²) in [5.41, 5.74) is 0. The van der Waals surface area contributed by atoms with Crippen LogP contribution in [0, 0.1) is 0 Å². The fourth-order valence-electron chi connectivity index (χ4n) is 7.62. The summed E-state index contributed by atoms with van der Waals surface area (Å²) in [5.74, 6) is -0.498. The van der Waals surface area contributed by atoms with Gasteiger partial charge in [0.25, 0.3) is 0 Å². The zero-order valence-corrected chi connectivity index (χ0v) is 39.1. The van der Waals surface area contributed by atoms with E-state index in [-0.39, 0.29) is 24.9 Å². The van der Waals surface area contributed by atoms with Gasteiger partial charge in [0.2, 0.25) is 5.91 Å². The van der Waals surface area contributed by atoms with Crippen molar-refractivity contribution in [1.82, 2.24) is 5.32 Å². The highest BCUT2D eigenvalue weighted by Crippen LogP contribution is 2.18. The van der Waals surface area contributed by atoms with E-state index in [2.05, 4.69) is 74.7 Å². The summed E-state index contributed by atoms with van der Waals surface area (Å²) in [5, 5.41) is 23.7. The van der Waals surface area contributed by atoms with E-state index in [0.717, 1.165) is 83.5 Å². The molecule has 0 aromatic carbocycles.